The molecular formula is C12H13F4NO3. The average Bonchev–Trinajstić information content (AvgIpc) is 2.32. The highest BCUT2D eigenvalue weighted by Gasteiger charge is 2.27. The number of alkyl halides is 3. The first-order chi connectivity index (χ1) is 9.29. The van der Waals surface area contributed by atoms with Crippen molar-refractivity contribution >= 4 is 11.7 Å². The Morgan fingerprint density at radius 3 is 2.55 bits per heavy atom. The molecule has 0 saturated carbocycles. The molecule has 1 aromatic rings. The Bertz CT molecular complexity index is 463. The number of esters is 1. The van der Waals surface area contributed by atoms with E-state index in [4.69, 9.17) is 10.5 Å². The van der Waals surface area contributed by atoms with Crippen molar-refractivity contribution in [3.63, 3.8) is 0 Å². The van der Waals surface area contributed by atoms with Gasteiger partial charge in [-0.15, -0.1) is 0 Å². The van der Waals surface area contributed by atoms with Gasteiger partial charge in [0.05, 0.1) is 18.8 Å². The molecule has 1 aromatic carbocycles. The summed E-state index contributed by atoms with van der Waals surface area (Å²) in [5.74, 6) is -1.35. The summed E-state index contributed by atoms with van der Waals surface area (Å²) in [6.45, 7) is -1.65. The van der Waals surface area contributed by atoms with Crippen LogP contribution in [-0.2, 0) is 9.47 Å². The fourth-order valence-corrected chi connectivity index (χ4v) is 1.31. The lowest BCUT2D eigenvalue weighted by Crippen LogP contribution is -2.18. The molecular weight excluding hydrogens is 282 g/mol. The number of benzene rings is 1. The van der Waals surface area contributed by atoms with Gasteiger partial charge in [-0.05, 0) is 18.2 Å². The number of hydrogen-bond donors (Lipinski definition) is 1. The van der Waals surface area contributed by atoms with Gasteiger partial charge in [-0.1, -0.05) is 0 Å². The first-order valence-electron chi connectivity index (χ1n) is 5.66. The molecule has 0 atom stereocenters. The van der Waals surface area contributed by atoms with Crippen LogP contribution in [0.1, 0.15) is 16.8 Å². The van der Waals surface area contributed by atoms with E-state index in [9.17, 15) is 22.4 Å². The van der Waals surface area contributed by atoms with Gasteiger partial charge in [0.1, 0.15) is 12.4 Å². The second-order valence-electron chi connectivity index (χ2n) is 3.89. The van der Waals surface area contributed by atoms with E-state index >= 15 is 0 Å². The first-order valence-corrected chi connectivity index (χ1v) is 5.66. The normalized spacial score (nSPS) is 11.4. The highest BCUT2D eigenvalue weighted by atomic mass is 19.4. The van der Waals surface area contributed by atoms with E-state index in [-0.39, 0.29) is 30.9 Å². The van der Waals surface area contributed by atoms with Gasteiger partial charge in [-0.2, -0.15) is 13.2 Å². The van der Waals surface area contributed by atoms with Crippen LogP contribution in [0.25, 0.3) is 0 Å². The average molecular weight is 295 g/mol. The fourth-order valence-electron chi connectivity index (χ4n) is 1.31. The first kappa shape index (κ1) is 16.2. The predicted molar refractivity (Wildman–Crippen MR) is 62.6 cm³/mol. The maximum atomic E-state index is 12.8. The molecule has 0 aliphatic rings. The van der Waals surface area contributed by atoms with E-state index in [1.54, 1.807) is 0 Å². The molecule has 8 heteroatoms. The predicted octanol–water partition coefficient (Wildman–Crippen LogP) is 2.53. The minimum absolute atomic E-state index is 0.00242. The Hall–Kier alpha value is -1.83. The van der Waals surface area contributed by atoms with E-state index < -0.39 is 24.6 Å². The molecule has 112 valence electrons. The maximum Gasteiger partial charge on any atom is 0.411 e. The van der Waals surface area contributed by atoms with E-state index in [1.165, 1.54) is 6.07 Å². The third-order valence-electron chi connectivity index (χ3n) is 2.17. The topological polar surface area (TPSA) is 61.6 Å². The van der Waals surface area contributed by atoms with E-state index in [0.717, 1.165) is 12.1 Å². The molecule has 0 amide bonds. The van der Waals surface area contributed by atoms with Crippen LogP contribution in [0.5, 0.6) is 0 Å². The Morgan fingerprint density at radius 2 is 1.95 bits per heavy atom. The molecule has 0 spiro atoms. The van der Waals surface area contributed by atoms with Crippen molar-refractivity contribution < 1.29 is 31.8 Å². The highest BCUT2D eigenvalue weighted by molar-refractivity contribution is 5.94. The van der Waals surface area contributed by atoms with Gasteiger partial charge in [0.25, 0.3) is 0 Å². The Balaban J connectivity index is 2.27. The minimum atomic E-state index is -4.38. The summed E-state index contributed by atoms with van der Waals surface area (Å²) < 4.78 is 57.1. The number of nitrogens with two attached hydrogens (primary N) is 1. The van der Waals surface area contributed by atoms with Crippen LogP contribution in [0.3, 0.4) is 0 Å². The van der Waals surface area contributed by atoms with Crippen LogP contribution in [0.2, 0.25) is 0 Å². The lowest BCUT2D eigenvalue weighted by Gasteiger charge is -2.09. The summed E-state index contributed by atoms with van der Waals surface area (Å²) in [6, 6.07) is 3.20. The molecule has 2 N–H and O–H groups in total. The lowest BCUT2D eigenvalue weighted by atomic mass is 10.2. The van der Waals surface area contributed by atoms with Crippen molar-refractivity contribution in [2.24, 2.45) is 0 Å². The maximum absolute atomic E-state index is 12.8. The molecule has 0 aliphatic carbocycles. The van der Waals surface area contributed by atoms with Crippen molar-refractivity contribution in [3.8, 4) is 0 Å². The molecule has 0 saturated heterocycles. The van der Waals surface area contributed by atoms with E-state index in [1.807, 2.05) is 0 Å². The summed E-state index contributed by atoms with van der Waals surface area (Å²) in [5.41, 5.74) is 5.37. The number of ether oxygens (including phenoxy) is 2. The van der Waals surface area contributed by atoms with Crippen LogP contribution in [0, 0.1) is 5.82 Å². The molecule has 0 heterocycles. The third-order valence-corrected chi connectivity index (χ3v) is 2.17. The van der Waals surface area contributed by atoms with Gasteiger partial charge >= 0.3 is 12.1 Å². The highest BCUT2D eigenvalue weighted by Crippen LogP contribution is 2.15. The number of carbonyl (C=O) groups is 1. The van der Waals surface area contributed by atoms with E-state index in [2.05, 4.69) is 4.74 Å². The molecule has 0 unspecified atom stereocenters. The van der Waals surface area contributed by atoms with Crippen molar-refractivity contribution in [1.82, 2.24) is 0 Å². The van der Waals surface area contributed by atoms with Crippen LogP contribution >= 0.6 is 0 Å². The summed E-state index contributed by atoms with van der Waals surface area (Å²) in [5, 5.41) is 0. The van der Waals surface area contributed by atoms with Crippen molar-refractivity contribution in [3.05, 3.63) is 29.6 Å². The number of hydrogen-bond acceptors (Lipinski definition) is 4. The lowest BCUT2D eigenvalue weighted by molar-refractivity contribution is -0.174. The van der Waals surface area contributed by atoms with Gasteiger partial charge in [0.2, 0.25) is 0 Å². The number of nitrogen functional groups attached to an aromatic ring is 1. The molecule has 4 nitrogen and oxygen atoms in total. The largest absolute Gasteiger partial charge is 0.462 e. The number of carbonyl (C=O) groups excluding carboxylic acids is 1. The van der Waals surface area contributed by atoms with Gasteiger partial charge in [-0.25, -0.2) is 9.18 Å². The summed E-state index contributed by atoms with van der Waals surface area (Å²) in [4.78, 5) is 11.5. The van der Waals surface area contributed by atoms with Crippen LogP contribution in [0.15, 0.2) is 18.2 Å². The second kappa shape index (κ2) is 7.09. The third kappa shape index (κ3) is 5.87. The summed E-state index contributed by atoms with van der Waals surface area (Å²) in [7, 11) is 0. The van der Waals surface area contributed by atoms with Crippen molar-refractivity contribution in [2.45, 2.75) is 12.6 Å². The minimum Gasteiger partial charge on any atom is -0.462 e. The Kier molecular flexibility index (Phi) is 5.75. The molecule has 0 radical (unpaired) electrons. The van der Waals surface area contributed by atoms with Gasteiger partial charge in [-0.3, -0.25) is 0 Å². The smallest absolute Gasteiger partial charge is 0.411 e. The Labute approximate surface area is 112 Å². The molecule has 20 heavy (non-hydrogen) atoms. The van der Waals surface area contributed by atoms with Gasteiger partial charge < -0.3 is 15.2 Å². The summed E-state index contributed by atoms with van der Waals surface area (Å²) >= 11 is 0. The van der Waals surface area contributed by atoms with Crippen LogP contribution in [-0.4, -0.2) is 32.0 Å². The van der Waals surface area contributed by atoms with Gasteiger partial charge in [0.15, 0.2) is 0 Å². The van der Waals surface area contributed by atoms with E-state index in [0.29, 0.717) is 0 Å². The van der Waals surface area contributed by atoms with Crippen LogP contribution < -0.4 is 5.73 Å². The van der Waals surface area contributed by atoms with Crippen LogP contribution in [0.4, 0.5) is 23.2 Å². The zero-order valence-electron chi connectivity index (χ0n) is 10.4. The zero-order valence-corrected chi connectivity index (χ0v) is 10.4. The molecule has 0 bridgehead atoms. The van der Waals surface area contributed by atoms with Crippen molar-refractivity contribution in [2.75, 3.05) is 25.6 Å². The van der Waals surface area contributed by atoms with Crippen molar-refractivity contribution in [1.29, 1.82) is 0 Å². The van der Waals surface area contributed by atoms with Gasteiger partial charge in [0, 0.05) is 12.1 Å². The molecule has 0 fully saturated rings. The molecule has 0 aliphatic heterocycles. The SMILES string of the molecule is Nc1cc(F)ccc1C(=O)OCCCOCC(F)(F)F. The fraction of sp³-hybridized carbons (Fsp3) is 0.417. The Morgan fingerprint density at radius 1 is 1.25 bits per heavy atom. The number of rotatable bonds is 6. The molecule has 0 aromatic heterocycles. The quantitative estimate of drug-likeness (QED) is 0.379. The second-order valence-corrected chi connectivity index (χ2v) is 3.89. The number of anilines is 1. The zero-order chi connectivity index (χ0) is 15.2. The summed E-state index contributed by atoms with van der Waals surface area (Å²) in [6.07, 6.45) is -4.26. The number of halogens is 4. The standard InChI is InChI=1S/C12H13F4NO3/c13-8-2-3-9(10(17)6-8)11(18)20-5-1-4-19-7-12(14,15)16/h2-3,6H,1,4-5,7,17H2. The monoisotopic (exact) mass is 295 g/mol. The molecule has 1 rings (SSSR count).